The lowest BCUT2D eigenvalue weighted by atomic mass is 10.2. The molecule has 1 aliphatic rings. The topological polar surface area (TPSA) is 78.1 Å². The number of benzene rings is 1. The molecule has 0 spiro atoms. The summed E-state index contributed by atoms with van der Waals surface area (Å²) >= 11 is 0. The molecule has 2 heterocycles. The Labute approximate surface area is 112 Å². The lowest BCUT2D eigenvalue weighted by Crippen LogP contribution is -2.39. The van der Waals surface area contributed by atoms with Crippen LogP contribution in [0.25, 0.3) is 10.9 Å². The zero-order valence-corrected chi connectivity index (χ0v) is 11.3. The molecular weight excluding hydrogens is 264 g/mol. The number of aromatic nitrogens is 2. The average Bonchev–Trinajstić information content (AvgIpc) is 2.83. The van der Waals surface area contributed by atoms with Gasteiger partial charge < -0.3 is 0 Å². The van der Waals surface area contributed by atoms with Crippen LogP contribution in [0.5, 0.6) is 0 Å². The maximum absolute atomic E-state index is 12.3. The fourth-order valence-corrected chi connectivity index (χ4v) is 3.60. The summed E-state index contributed by atoms with van der Waals surface area (Å²) in [5.74, 6) is 0.362. The van der Waals surface area contributed by atoms with Crippen molar-refractivity contribution in [2.75, 3.05) is 17.8 Å². The first-order valence-corrected chi connectivity index (χ1v) is 7.82. The minimum Gasteiger partial charge on any atom is -0.276 e. The highest BCUT2D eigenvalue weighted by Gasteiger charge is 2.25. The molecule has 0 bridgehead atoms. The number of aromatic amines is 1. The third kappa shape index (κ3) is 2.43. The number of hydrogen-bond donors (Lipinski definition) is 2. The van der Waals surface area contributed by atoms with E-state index in [1.165, 1.54) is 4.31 Å². The molecule has 1 saturated heterocycles. The summed E-state index contributed by atoms with van der Waals surface area (Å²) < 4.78 is 28.6. The third-order valence-corrected chi connectivity index (χ3v) is 4.85. The van der Waals surface area contributed by atoms with Crippen molar-refractivity contribution in [1.82, 2.24) is 14.5 Å². The third-order valence-electron chi connectivity index (χ3n) is 3.35. The molecule has 0 saturated carbocycles. The van der Waals surface area contributed by atoms with Crippen LogP contribution in [0.15, 0.2) is 24.3 Å². The Hall–Kier alpha value is -1.60. The van der Waals surface area contributed by atoms with Crippen molar-refractivity contribution < 1.29 is 8.42 Å². The number of hydrogen-bond acceptors (Lipinski definition) is 3. The van der Waals surface area contributed by atoms with E-state index in [2.05, 4.69) is 14.9 Å². The second kappa shape index (κ2) is 4.82. The zero-order valence-electron chi connectivity index (χ0n) is 10.5. The number of fused-ring (bicyclic) bond motifs is 1. The molecule has 0 aliphatic carbocycles. The fourth-order valence-electron chi connectivity index (χ4n) is 2.33. The predicted molar refractivity (Wildman–Crippen MR) is 74.1 cm³/mol. The van der Waals surface area contributed by atoms with Crippen molar-refractivity contribution in [1.29, 1.82) is 0 Å². The molecule has 6 nitrogen and oxygen atoms in total. The monoisotopic (exact) mass is 280 g/mol. The lowest BCUT2D eigenvalue weighted by molar-refractivity contribution is 0.349. The van der Waals surface area contributed by atoms with Crippen molar-refractivity contribution in [3.63, 3.8) is 0 Å². The van der Waals surface area contributed by atoms with Gasteiger partial charge in [-0.05, 0) is 25.0 Å². The summed E-state index contributed by atoms with van der Waals surface area (Å²) in [7, 11) is -3.50. The zero-order chi connectivity index (χ0) is 13.3. The van der Waals surface area contributed by atoms with E-state index in [-0.39, 0.29) is 0 Å². The number of nitrogens with zero attached hydrogens (tertiary/aromatic N) is 2. The van der Waals surface area contributed by atoms with E-state index < -0.39 is 10.2 Å². The Bertz CT molecular complexity index is 674. The quantitative estimate of drug-likeness (QED) is 0.898. The van der Waals surface area contributed by atoms with Crippen LogP contribution < -0.4 is 4.72 Å². The molecule has 0 atom stereocenters. The summed E-state index contributed by atoms with van der Waals surface area (Å²) in [6.07, 6.45) is 2.93. The number of anilines is 1. The van der Waals surface area contributed by atoms with Gasteiger partial charge in [-0.15, -0.1) is 0 Å². The molecule has 0 amide bonds. The second-order valence-corrected chi connectivity index (χ2v) is 6.36. The van der Waals surface area contributed by atoms with Gasteiger partial charge in [-0.25, -0.2) is 0 Å². The first-order chi connectivity index (χ1) is 9.17. The molecule has 19 heavy (non-hydrogen) atoms. The number of para-hydroxylation sites is 1. The molecule has 102 valence electrons. The molecular formula is C12H16N4O2S. The van der Waals surface area contributed by atoms with Gasteiger partial charge in [-0.3, -0.25) is 9.82 Å². The molecule has 0 unspecified atom stereocenters. The Morgan fingerprint density at radius 2 is 1.89 bits per heavy atom. The second-order valence-electron chi connectivity index (χ2n) is 4.68. The van der Waals surface area contributed by atoms with E-state index in [1.807, 2.05) is 24.3 Å². The van der Waals surface area contributed by atoms with E-state index in [1.54, 1.807) is 0 Å². The number of H-pyrrole nitrogens is 1. The van der Waals surface area contributed by atoms with Gasteiger partial charge in [0.25, 0.3) is 0 Å². The molecule has 0 radical (unpaired) electrons. The maximum atomic E-state index is 12.3. The molecule has 1 aromatic carbocycles. The average molecular weight is 280 g/mol. The molecule has 2 N–H and O–H groups in total. The SMILES string of the molecule is O=S(=O)(Nc1n[nH]c2ccccc12)N1CCCCC1. The van der Waals surface area contributed by atoms with Crippen LogP contribution in [0.3, 0.4) is 0 Å². The van der Waals surface area contributed by atoms with Crippen LogP contribution in [-0.4, -0.2) is 36.0 Å². The Kier molecular flexibility index (Phi) is 3.16. The van der Waals surface area contributed by atoms with Crippen LogP contribution >= 0.6 is 0 Å². The van der Waals surface area contributed by atoms with Crippen LogP contribution in [0.1, 0.15) is 19.3 Å². The van der Waals surface area contributed by atoms with Crippen LogP contribution in [-0.2, 0) is 10.2 Å². The largest absolute Gasteiger partial charge is 0.302 e. The first kappa shape index (κ1) is 12.4. The van der Waals surface area contributed by atoms with Crippen LogP contribution in [0.4, 0.5) is 5.82 Å². The van der Waals surface area contributed by atoms with Gasteiger partial charge in [0.2, 0.25) is 0 Å². The number of rotatable bonds is 3. The standard InChI is InChI=1S/C12H16N4O2S/c17-19(18,16-8-4-1-5-9-16)15-12-10-6-2-3-7-11(10)13-14-12/h2-3,6-7H,1,4-5,8-9H2,(H2,13,14,15). The van der Waals surface area contributed by atoms with E-state index >= 15 is 0 Å². The molecule has 1 aromatic heterocycles. The van der Waals surface area contributed by atoms with Crippen molar-refractivity contribution in [2.45, 2.75) is 19.3 Å². The van der Waals surface area contributed by atoms with Gasteiger partial charge >= 0.3 is 10.2 Å². The van der Waals surface area contributed by atoms with E-state index in [0.29, 0.717) is 18.9 Å². The van der Waals surface area contributed by atoms with Gasteiger partial charge in [-0.1, -0.05) is 18.6 Å². The summed E-state index contributed by atoms with van der Waals surface area (Å²) in [5.41, 5.74) is 0.818. The summed E-state index contributed by atoms with van der Waals surface area (Å²) in [5, 5.41) is 7.63. The fraction of sp³-hybridized carbons (Fsp3) is 0.417. The minimum absolute atomic E-state index is 0.362. The smallest absolute Gasteiger partial charge is 0.276 e. The molecule has 7 heteroatoms. The summed E-state index contributed by atoms with van der Waals surface area (Å²) in [6.45, 7) is 1.16. The van der Waals surface area contributed by atoms with Crippen molar-refractivity contribution >= 4 is 26.9 Å². The first-order valence-electron chi connectivity index (χ1n) is 6.38. The van der Waals surface area contributed by atoms with Gasteiger partial charge in [0, 0.05) is 18.5 Å². The lowest BCUT2D eigenvalue weighted by Gasteiger charge is -2.25. The highest BCUT2D eigenvalue weighted by Crippen LogP contribution is 2.22. The Morgan fingerprint density at radius 1 is 1.16 bits per heavy atom. The van der Waals surface area contributed by atoms with Gasteiger partial charge in [0.15, 0.2) is 5.82 Å². The number of nitrogens with one attached hydrogen (secondary N) is 2. The minimum atomic E-state index is -3.50. The van der Waals surface area contributed by atoms with Crippen molar-refractivity contribution in [3.8, 4) is 0 Å². The molecule has 2 aromatic rings. The van der Waals surface area contributed by atoms with Crippen LogP contribution in [0.2, 0.25) is 0 Å². The van der Waals surface area contributed by atoms with E-state index in [9.17, 15) is 8.42 Å². The number of piperidine rings is 1. The molecule has 1 fully saturated rings. The highest BCUT2D eigenvalue weighted by molar-refractivity contribution is 7.90. The Morgan fingerprint density at radius 3 is 2.68 bits per heavy atom. The highest BCUT2D eigenvalue weighted by atomic mass is 32.2. The maximum Gasteiger partial charge on any atom is 0.302 e. The van der Waals surface area contributed by atoms with Gasteiger partial charge in [-0.2, -0.15) is 17.8 Å². The normalized spacial score (nSPS) is 17.7. The van der Waals surface area contributed by atoms with E-state index in [4.69, 9.17) is 0 Å². The molecule has 1 aliphatic heterocycles. The summed E-state index contributed by atoms with van der Waals surface area (Å²) in [4.78, 5) is 0. The van der Waals surface area contributed by atoms with Crippen molar-refractivity contribution in [3.05, 3.63) is 24.3 Å². The van der Waals surface area contributed by atoms with Gasteiger partial charge in [0.1, 0.15) is 0 Å². The predicted octanol–water partition coefficient (Wildman–Crippen LogP) is 1.71. The van der Waals surface area contributed by atoms with Crippen molar-refractivity contribution in [2.24, 2.45) is 0 Å². The summed E-state index contributed by atoms with van der Waals surface area (Å²) in [6, 6.07) is 7.44. The van der Waals surface area contributed by atoms with E-state index in [0.717, 1.165) is 30.2 Å². The Balaban J connectivity index is 1.87. The van der Waals surface area contributed by atoms with Crippen LogP contribution in [0, 0.1) is 0 Å². The van der Waals surface area contributed by atoms with Gasteiger partial charge in [0.05, 0.1) is 5.52 Å². The molecule has 3 rings (SSSR count).